The summed E-state index contributed by atoms with van der Waals surface area (Å²) in [6, 6.07) is 6.49. The summed E-state index contributed by atoms with van der Waals surface area (Å²) >= 11 is 3.29. The van der Waals surface area contributed by atoms with E-state index < -0.39 is 5.82 Å². The van der Waals surface area contributed by atoms with E-state index in [2.05, 4.69) is 21.0 Å². The van der Waals surface area contributed by atoms with Crippen molar-refractivity contribution in [3.8, 4) is 0 Å². The van der Waals surface area contributed by atoms with Crippen molar-refractivity contribution in [1.29, 1.82) is 0 Å². The monoisotopic (exact) mass is 350 g/mol. The molecule has 1 fully saturated rings. The molecule has 0 atom stereocenters. The van der Waals surface area contributed by atoms with Gasteiger partial charge < -0.3 is 0 Å². The van der Waals surface area contributed by atoms with Gasteiger partial charge in [-0.05, 0) is 37.1 Å². The molecule has 2 aromatic rings. The van der Waals surface area contributed by atoms with Crippen LogP contribution in [-0.4, -0.2) is 15.6 Å². The molecule has 110 valence electrons. The molecule has 1 aliphatic carbocycles. The molecule has 0 amide bonds. The molecule has 3 nitrogen and oxygen atoms in total. The van der Waals surface area contributed by atoms with Gasteiger partial charge in [-0.15, -0.1) is 0 Å². The van der Waals surface area contributed by atoms with E-state index in [1.54, 1.807) is 6.07 Å². The molecule has 1 saturated carbocycles. The van der Waals surface area contributed by atoms with Crippen molar-refractivity contribution in [1.82, 2.24) is 9.78 Å². The van der Waals surface area contributed by atoms with Crippen LogP contribution in [0.3, 0.4) is 0 Å². The Morgan fingerprint density at radius 1 is 1.33 bits per heavy atom. The molecule has 1 aromatic heterocycles. The fourth-order valence-corrected chi connectivity index (χ4v) is 3.28. The van der Waals surface area contributed by atoms with Gasteiger partial charge in [0.25, 0.3) is 0 Å². The number of Topliss-reactive ketones (excluding diaryl/α,β-unsaturated/α-hetero) is 1. The fraction of sp³-hybridized carbons (Fsp3) is 0.375. The second kappa shape index (κ2) is 6.10. The number of aromatic nitrogens is 2. The number of ketones is 1. The summed E-state index contributed by atoms with van der Waals surface area (Å²) in [7, 11) is 0. The van der Waals surface area contributed by atoms with Gasteiger partial charge in [-0.3, -0.25) is 9.48 Å². The first kappa shape index (κ1) is 14.4. The van der Waals surface area contributed by atoms with Crippen LogP contribution in [0.1, 0.15) is 47.8 Å². The van der Waals surface area contributed by atoms with E-state index in [1.165, 1.54) is 25.0 Å². The molecule has 21 heavy (non-hydrogen) atoms. The molecule has 0 N–H and O–H groups in total. The lowest BCUT2D eigenvalue weighted by Gasteiger charge is -2.08. The minimum atomic E-state index is -0.405. The van der Waals surface area contributed by atoms with Crippen LogP contribution >= 0.6 is 15.9 Å². The maximum absolute atomic E-state index is 13.3. The molecule has 3 rings (SSSR count). The highest BCUT2D eigenvalue weighted by molar-refractivity contribution is 9.10. The molecular weight excluding hydrogens is 335 g/mol. The Morgan fingerprint density at radius 2 is 2.10 bits per heavy atom. The highest BCUT2D eigenvalue weighted by atomic mass is 79.9. The van der Waals surface area contributed by atoms with Crippen molar-refractivity contribution in [3.05, 3.63) is 52.0 Å². The topological polar surface area (TPSA) is 34.9 Å². The largest absolute Gasteiger partial charge is 0.294 e. The zero-order valence-corrected chi connectivity index (χ0v) is 13.1. The van der Waals surface area contributed by atoms with Crippen molar-refractivity contribution in [2.75, 3.05) is 0 Å². The molecule has 0 aliphatic heterocycles. The van der Waals surface area contributed by atoms with Gasteiger partial charge >= 0.3 is 0 Å². The third-order valence-corrected chi connectivity index (χ3v) is 4.62. The Balaban J connectivity index is 1.74. The molecule has 1 aromatic carbocycles. The van der Waals surface area contributed by atoms with Crippen LogP contribution in [0.25, 0.3) is 0 Å². The van der Waals surface area contributed by atoms with Crippen LogP contribution in [0.4, 0.5) is 4.39 Å². The first-order valence-electron chi connectivity index (χ1n) is 7.16. The molecule has 0 saturated heterocycles. The average Bonchev–Trinajstić information content (AvgIpc) is 3.11. The molecule has 0 bridgehead atoms. The van der Waals surface area contributed by atoms with E-state index in [0.717, 1.165) is 18.5 Å². The summed E-state index contributed by atoms with van der Waals surface area (Å²) in [5.41, 5.74) is 1.11. The molecule has 5 heteroatoms. The maximum atomic E-state index is 13.3. The first-order valence-corrected chi connectivity index (χ1v) is 7.95. The Morgan fingerprint density at radius 3 is 2.86 bits per heavy atom. The number of carbonyl (C=O) groups excluding carboxylic acids is 1. The molecular formula is C16H16BrFN2O. The van der Waals surface area contributed by atoms with E-state index >= 15 is 0 Å². The van der Waals surface area contributed by atoms with Gasteiger partial charge in [-0.2, -0.15) is 5.10 Å². The third-order valence-electron chi connectivity index (χ3n) is 3.93. The number of rotatable bonds is 4. The summed E-state index contributed by atoms with van der Waals surface area (Å²) in [6.45, 7) is 0. The standard InChI is InChI=1S/C16H16BrFN2O/c17-15-6-5-11(18)9-14(15)16(21)10-12-7-8-20(19-12)13-3-1-2-4-13/h5-9,13H,1-4,10H2. The van der Waals surface area contributed by atoms with Gasteiger partial charge in [-0.1, -0.05) is 28.8 Å². The zero-order valence-electron chi connectivity index (χ0n) is 11.6. The van der Waals surface area contributed by atoms with E-state index in [0.29, 0.717) is 16.1 Å². The van der Waals surface area contributed by atoms with Crippen molar-refractivity contribution in [2.24, 2.45) is 0 Å². The molecule has 0 unspecified atom stereocenters. The summed E-state index contributed by atoms with van der Waals surface area (Å²) in [4.78, 5) is 12.3. The summed E-state index contributed by atoms with van der Waals surface area (Å²) in [5.74, 6) is -0.531. The predicted molar refractivity (Wildman–Crippen MR) is 81.9 cm³/mol. The van der Waals surface area contributed by atoms with Gasteiger partial charge in [0.05, 0.1) is 18.2 Å². The van der Waals surface area contributed by atoms with Gasteiger partial charge in [0.1, 0.15) is 5.82 Å². The molecule has 0 radical (unpaired) electrons. The van der Waals surface area contributed by atoms with E-state index in [1.807, 2.05) is 16.9 Å². The molecule has 1 heterocycles. The minimum absolute atomic E-state index is 0.127. The van der Waals surface area contributed by atoms with E-state index in [9.17, 15) is 9.18 Å². The quantitative estimate of drug-likeness (QED) is 0.769. The van der Waals surface area contributed by atoms with Gasteiger partial charge in [0.2, 0.25) is 0 Å². The number of hydrogen-bond donors (Lipinski definition) is 0. The average molecular weight is 351 g/mol. The minimum Gasteiger partial charge on any atom is -0.294 e. The number of carbonyl (C=O) groups is 1. The third kappa shape index (κ3) is 3.23. The highest BCUT2D eigenvalue weighted by Crippen LogP contribution is 2.29. The Hall–Kier alpha value is -1.49. The highest BCUT2D eigenvalue weighted by Gasteiger charge is 2.19. The summed E-state index contributed by atoms with van der Waals surface area (Å²) in [5, 5.41) is 4.50. The van der Waals surface area contributed by atoms with Crippen LogP contribution in [-0.2, 0) is 6.42 Å². The van der Waals surface area contributed by atoms with E-state index in [-0.39, 0.29) is 12.2 Å². The van der Waals surface area contributed by atoms with Crippen molar-refractivity contribution in [2.45, 2.75) is 38.1 Å². The molecule has 1 aliphatic rings. The van der Waals surface area contributed by atoms with Crippen LogP contribution in [0.5, 0.6) is 0 Å². The lowest BCUT2D eigenvalue weighted by Crippen LogP contribution is -2.09. The van der Waals surface area contributed by atoms with Gasteiger partial charge in [0.15, 0.2) is 5.78 Å². The van der Waals surface area contributed by atoms with Crippen LogP contribution < -0.4 is 0 Å². The van der Waals surface area contributed by atoms with Crippen LogP contribution in [0.2, 0.25) is 0 Å². The predicted octanol–water partition coefficient (Wildman–Crippen LogP) is 4.33. The van der Waals surface area contributed by atoms with Gasteiger partial charge in [0, 0.05) is 16.2 Å². The van der Waals surface area contributed by atoms with E-state index in [4.69, 9.17) is 0 Å². The lowest BCUT2D eigenvalue weighted by atomic mass is 10.1. The summed E-state index contributed by atoms with van der Waals surface area (Å²) in [6.07, 6.45) is 6.94. The SMILES string of the molecule is O=C(Cc1ccn(C2CCCC2)n1)c1cc(F)ccc1Br. The number of benzene rings is 1. The van der Waals surface area contributed by atoms with Crippen LogP contribution in [0.15, 0.2) is 34.9 Å². The van der Waals surface area contributed by atoms with Crippen molar-refractivity contribution >= 4 is 21.7 Å². The second-order valence-corrected chi connectivity index (χ2v) is 6.30. The number of halogens is 2. The smallest absolute Gasteiger partial charge is 0.170 e. The normalized spacial score (nSPS) is 15.5. The second-order valence-electron chi connectivity index (χ2n) is 5.45. The summed E-state index contributed by atoms with van der Waals surface area (Å²) < 4.78 is 15.8. The Bertz CT molecular complexity index is 662. The molecule has 0 spiro atoms. The Kier molecular flexibility index (Phi) is 4.19. The lowest BCUT2D eigenvalue weighted by molar-refractivity contribution is 0.0990. The first-order chi connectivity index (χ1) is 10.1. The number of nitrogens with zero attached hydrogens (tertiary/aromatic N) is 2. The van der Waals surface area contributed by atoms with Gasteiger partial charge in [-0.25, -0.2) is 4.39 Å². The van der Waals surface area contributed by atoms with Crippen LogP contribution in [0, 0.1) is 5.82 Å². The van der Waals surface area contributed by atoms with Crippen molar-refractivity contribution < 1.29 is 9.18 Å². The van der Waals surface area contributed by atoms with Crippen molar-refractivity contribution in [3.63, 3.8) is 0 Å². The Labute approximate surface area is 131 Å². The number of hydrogen-bond acceptors (Lipinski definition) is 2. The zero-order chi connectivity index (χ0) is 14.8. The fourth-order valence-electron chi connectivity index (χ4n) is 2.81. The maximum Gasteiger partial charge on any atom is 0.170 e.